The molecule has 0 spiro atoms. The zero-order chi connectivity index (χ0) is 24.7. The summed E-state index contributed by atoms with van der Waals surface area (Å²) >= 11 is 15.7. The average molecular weight is 534 g/mol. The van der Waals surface area contributed by atoms with Gasteiger partial charge in [-0.15, -0.1) is 11.8 Å². The maximum absolute atomic E-state index is 12.5. The minimum atomic E-state index is -1.08. The Labute approximate surface area is 216 Å². The number of hydrogen-bond acceptors (Lipinski definition) is 6. The van der Waals surface area contributed by atoms with E-state index < -0.39 is 5.97 Å². The second kappa shape index (κ2) is 9.70. The largest absolute Gasteiger partial charge is 0.476 e. The fraction of sp³-hybridized carbons (Fsp3) is 0.250. The quantitative estimate of drug-likeness (QED) is 0.259. The number of aryl methyl sites for hydroxylation is 3. The minimum absolute atomic E-state index is 0.0566. The Hall–Kier alpha value is -2.39. The fourth-order valence-electron chi connectivity index (χ4n) is 3.72. The molecule has 1 N–H and O–H groups in total. The smallest absolute Gasteiger partial charge is 0.355 e. The molecule has 0 saturated carbocycles. The Morgan fingerprint density at radius 2 is 1.76 bits per heavy atom. The van der Waals surface area contributed by atoms with Crippen molar-refractivity contribution in [1.82, 2.24) is 19.7 Å². The van der Waals surface area contributed by atoms with Crippen molar-refractivity contribution in [3.8, 4) is 27.5 Å². The lowest BCUT2D eigenvalue weighted by Gasteiger charge is -2.06. The van der Waals surface area contributed by atoms with Crippen molar-refractivity contribution in [2.24, 2.45) is 0 Å². The molecule has 6 nitrogen and oxygen atoms in total. The lowest BCUT2D eigenvalue weighted by atomic mass is 10.0. The van der Waals surface area contributed by atoms with Crippen LogP contribution in [0.1, 0.15) is 41.4 Å². The van der Waals surface area contributed by atoms with Gasteiger partial charge in [0.25, 0.3) is 0 Å². The van der Waals surface area contributed by atoms with E-state index in [1.165, 1.54) is 16.0 Å². The van der Waals surface area contributed by atoms with Gasteiger partial charge in [-0.3, -0.25) is 4.98 Å². The Kier molecular flexibility index (Phi) is 7.05. The van der Waals surface area contributed by atoms with Crippen LogP contribution in [0.15, 0.2) is 34.5 Å². The summed E-state index contributed by atoms with van der Waals surface area (Å²) in [7, 11) is 0. The maximum atomic E-state index is 12.5. The fourth-order valence-corrected chi connectivity index (χ4v) is 6.56. The van der Waals surface area contributed by atoms with Crippen molar-refractivity contribution in [2.45, 2.75) is 44.1 Å². The number of nitrogens with zero attached hydrogens (tertiary/aromatic N) is 4. The third-order valence-corrected chi connectivity index (χ3v) is 7.73. The number of pyridine rings is 1. The SMILES string of the molecule is Cc1cc(-c2c(C)nn(-c3nc(-c4cc(Cl)ccc4Cl)c(SC(C)C)s3)c2C(=O)O)cc(C)n1. The monoisotopic (exact) mass is 532 g/mol. The molecule has 1 aromatic carbocycles. The highest BCUT2D eigenvalue weighted by atomic mass is 35.5. The van der Waals surface area contributed by atoms with Gasteiger partial charge in [-0.2, -0.15) is 9.78 Å². The lowest BCUT2D eigenvalue weighted by Crippen LogP contribution is -2.09. The summed E-state index contributed by atoms with van der Waals surface area (Å²) < 4.78 is 2.32. The van der Waals surface area contributed by atoms with E-state index in [9.17, 15) is 9.90 Å². The van der Waals surface area contributed by atoms with E-state index in [1.807, 2.05) is 26.0 Å². The van der Waals surface area contributed by atoms with Gasteiger partial charge in [-0.05, 0) is 56.7 Å². The van der Waals surface area contributed by atoms with Crippen LogP contribution in [0.4, 0.5) is 0 Å². The van der Waals surface area contributed by atoms with E-state index in [0.29, 0.717) is 37.7 Å². The first-order chi connectivity index (χ1) is 16.0. The second-order valence-corrected chi connectivity index (χ2v) is 11.8. The first kappa shape index (κ1) is 24.7. The van der Waals surface area contributed by atoms with Crippen LogP contribution in [0.2, 0.25) is 10.0 Å². The summed E-state index contributed by atoms with van der Waals surface area (Å²) in [4.78, 5) is 21.7. The van der Waals surface area contributed by atoms with Crippen LogP contribution in [0.3, 0.4) is 0 Å². The molecule has 0 bridgehead atoms. The Morgan fingerprint density at radius 3 is 2.38 bits per heavy atom. The van der Waals surface area contributed by atoms with Crippen LogP contribution < -0.4 is 0 Å². The summed E-state index contributed by atoms with van der Waals surface area (Å²) in [5.74, 6) is -1.08. The van der Waals surface area contributed by atoms with Crippen LogP contribution in [0.25, 0.3) is 27.5 Å². The number of hydrogen-bond donors (Lipinski definition) is 1. The first-order valence-electron chi connectivity index (χ1n) is 10.5. The zero-order valence-corrected chi connectivity index (χ0v) is 22.3. The highest BCUT2D eigenvalue weighted by Gasteiger charge is 2.27. The lowest BCUT2D eigenvalue weighted by molar-refractivity contribution is 0.0688. The summed E-state index contributed by atoms with van der Waals surface area (Å²) in [6.07, 6.45) is 0. The Morgan fingerprint density at radius 1 is 1.09 bits per heavy atom. The summed E-state index contributed by atoms with van der Waals surface area (Å²) in [5.41, 5.74) is 4.94. The van der Waals surface area contributed by atoms with Gasteiger partial charge in [0.05, 0.1) is 20.6 Å². The number of benzene rings is 1. The second-order valence-electron chi connectivity index (χ2n) is 8.09. The first-order valence-corrected chi connectivity index (χ1v) is 12.9. The van der Waals surface area contributed by atoms with E-state index in [1.54, 1.807) is 36.9 Å². The average Bonchev–Trinajstić information content (AvgIpc) is 3.29. The normalized spacial score (nSPS) is 11.4. The summed E-state index contributed by atoms with van der Waals surface area (Å²) in [6.45, 7) is 9.73. The van der Waals surface area contributed by atoms with Crippen LogP contribution in [0, 0.1) is 20.8 Å². The van der Waals surface area contributed by atoms with Gasteiger partial charge in [0.2, 0.25) is 5.13 Å². The number of thiazole rings is 1. The Balaban J connectivity index is 1.96. The molecule has 0 aliphatic rings. The molecule has 3 aromatic heterocycles. The van der Waals surface area contributed by atoms with Crippen LogP contribution in [-0.2, 0) is 0 Å². The minimum Gasteiger partial charge on any atom is -0.476 e. The summed E-state index contributed by atoms with van der Waals surface area (Å²) in [6, 6.07) is 8.96. The van der Waals surface area contributed by atoms with E-state index in [-0.39, 0.29) is 10.9 Å². The number of aromatic carboxylic acids is 1. The van der Waals surface area contributed by atoms with Gasteiger partial charge >= 0.3 is 5.97 Å². The molecule has 0 fully saturated rings. The van der Waals surface area contributed by atoms with E-state index in [4.69, 9.17) is 28.2 Å². The standard InChI is InChI=1S/C24H22Cl2N4O2S2/c1-11(2)33-23-20(17-10-16(25)6-7-18(17)26)28-24(34-23)30-21(22(31)32)19(14(5)29-30)15-8-12(3)27-13(4)9-15/h6-11H,1-5H3,(H,31,32). The predicted molar refractivity (Wildman–Crippen MR) is 140 cm³/mol. The molecule has 34 heavy (non-hydrogen) atoms. The van der Waals surface area contributed by atoms with Crippen LogP contribution in [0.5, 0.6) is 0 Å². The van der Waals surface area contributed by atoms with Gasteiger partial charge in [0, 0.05) is 32.8 Å². The molecule has 4 aromatic rings. The van der Waals surface area contributed by atoms with E-state index in [2.05, 4.69) is 23.9 Å². The van der Waals surface area contributed by atoms with Gasteiger partial charge in [0.1, 0.15) is 0 Å². The van der Waals surface area contributed by atoms with Crippen molar-refractivity contribution in [2.75, 3.05) is 0 Å². The third kappa shape index (κ3) is 4.86. The predicted octanol–water partition coefficient (Wildman–Crippen LogP) is 7.49. The highest BCUT2D eigenvalue weighted by Crippen LogP contribution is 2.43. The van der Waals surface area contributed by atoms with Gasteiger partial charge < -0.3 is 5.11 Å². The molecule has 176 valence electrons. The number of aromatic nitrogens is 4. The number of halogens is 2. The van der Waals surface area contributed by atoms with Crippen LogP contribution in [-0.4, -0.2) is 36.1 Å². The molecule has 10 heteroatoms. The van der Waals surface area contributed by atoms with Crippen molar-refractivity contribution in [1.29, 1.82) is 0 Å². The molecule has 0 amide bonds. The topological polar surface area (TPSA) is 80.9 Å². The molecule has 0 atom stereocenters. The third-order valence-electron chi connectivity index (χ3n) is 4.93. The van der Waals surface area contributed by atoms with E-state index in [0.717, 1.165) is 21.2 Å². The highest BCUT2D eigenvalue weighted by molar-refractivity contribution is 8.01. The number of thioether (sulfide) groups is 1. The molecule has 3 heterocycles. The number of carboxylic acids is 1. The number of rotatable bonds is 6. The molecule has 0 unspecified atom stereocenters. The van der Waals surface area contributed by atoms with Crippen molar-refractivity contribution < 1.29 is 9.90 Å². The molecular weight excluding hydrogens is 511 g/mol. The van der Waals surface area contributed by atoms with Crippen LogP contribution >= 0.6 is 46.3 Å². The molecule has 0 aliphatic heterocycles. The number of carboxylic acid groups (broad SMARTS) is 1. The van der Waals surface area contributed by atoms with Gasteiger partial charge in [0.15, 0.2) is 5.69 Å². The zero-order valence-electron chi connectivity index (χ0n) is 19.2. The van der Waals surface area contributed by atoms with Gasteiger partial charge in [-0.25, -0.2) is 9.78 Å². The molecule has 0 aliphatic carbocycles. The molecule has 0 saturated heterocycles. The van der Waals surface area contributed by atoms with E-state index >= 15 is 0 Å². The molecule has 0 radical (unpaired) electrons. The number of carbonyl (C=O) groups is 1. The maximum Gasteiger partial charge on any atom is 0.355 e. The Bertz CT molecular complexity index is 1390. The summed E-state index contributed by atoms with van der Waals surface area (Å²) in [5, 5.41) is 16.6. The molecular formula is C24H22Cl2N4O2S2. The molecule has 4 rings (SSSR count). The van der Waals surface area contributed by atoms with Crippen molar-refractivity contribution in [3.63, 3.8) is 0 Å². The van der Waals surface area contributed by atoms with Crippen molar-refractivity contribution >= 4 is 52.3 Å². The van der Waals surface area contributed by atoms with Gasteiger partial charge in [-0.1, -0.05) is 48.4 Å². The van der Waals surface area contributed by atoms with Crippen molar-refractivity contribution in [3.05, 3.63) is 63.2 Å².